The van der Waals surface area contributed by atoms with Crippen LogP contribution in [0, 0.1) is 0 Å². The van der Waals surface area contributed by atoms with Crippen LogP contribution in [0.3, 0.4) is 0 Å². The summed E-state index contributed by atoms with van der Waals surface area (Å²) in [4.78, 5) is 6.65. The molecular formula is C22H23F3N6O2. The Labute approximate surface area is 188 Å². The molecule has 0 aliphatic heterocycles. The molecule has 0 unspecified atom stereocenters. The Hall–Kier alpha value is -3.89. The van der Waals surface area contributed by atoms with E-state index in [1.54, 1.807) is 4.68 Å². The van der Waals surface area contributed by atoms with E-state index >= 15 is 0 Å². The van der Waals surface area contributed by atoms with Crippen LogP contribution < -0.4 is 19.7 Å². The van der Waals surface area contributed by atoms with E-state index in [0.29, 0.717) is 18.9 Å². The number of hydrogen-bond acceptors (Lipinski definition) is 6. The number of nitrogens with one attached hydrogen (secondary N) is 1. The molecule has 4 aromatic rings. The Bertz CT molecular complexity index is 1230. The van der Waals surface area contributed by atoms with Crippen molar-refractivity contribution in [3.8, 4) is 11.5 Å². The number of aryl methyl sites for hydroxylation is 1. The Morgan fingerprint density at radius 1 is 1.03 bits per heavy atom. The number of ether oxygens (including phenoxy) is 2. The lowest BCUT2D eigenvalue weighted by atomic mass is 10.2. The molecular weight excluding hydrogens is 437 g/mol. The third-order valence-electron chi connectivity index (χ3n) is 4.76. The monoisotopic (exact) mass is 460 g/mol. The van der Waals surface area contributed by atoms with Gasteiger partial charge in [-0.05, 0) is 42.5 Å². The van der Waals surface area contributed by atoms with Crippen LogP contribution in [0.15, 0.2) is 54.7 Å². The second-order valence-electron chi connectivity index (χ2n) is 7.53. The molecule has 0 bridgehead atoms. The van der Waals surface area contributed by atoms with Gasteiger partial charge in [-0.15, -0.1) is 13.2 Å². The van der Waals surface area contributed by atoms with Crippen LogP contribution in [0.1, 0.15) is 0 Å². The van der Waals surface area contributed by atoms with E-state index in [1.807, 2.05) is 61.1 Å². The highest BCUT2D eigenvalue weighted by atomic mass is 19.4. The normalized spacial score (nSPS) is 11.6. The fraction of sp³-hybridized carbons (Fsp3) is 0.273. The fourth-order valence-corrected chi connectivity index (χ4v) is 3.38. The lowest BCUT2D eigenvalue weighted by molar-refractivity contribution is -0.274. The molecule has 33 heavy (non-hydrogen) atoms. The molecule has 1 N–H and O–H groups in total. The minimum atomic E-state index is -4.72. The van der Waals surface area contributed by atoms with Crippen molar-refractivity contribution in [3.63, 3.8) is 0 Å². The maximum atomic E-state index is 12.3. The first kappa shape index (κ1) is 22.3. The minimum absolute atomic E-state index is 0.291. The zero-order valence-corrected chi connectivity index (χ0v) is 18.3. The highest BCUT2D eigenvalue weighted by molar-refractivity contribution is 5.83. The summed E-state index contributed by atoms with van der Waals surface area (Å²) in [6, 6.07) is 13.1. The van der Waals surface area contributed by atoms with Crippen LogP contribution in [-0.4, -0.2) is 46.4 Å². The highest BCUT2D eigenvalue weighted by Crippen LogP contribution is 2.27. The zero-order chi connectivity index (χ0) is 23.6. The van der Waals surface area contributed by atoms with Crippen molar-refractivity contribution in [1.29, 1.82) is 0 Å². The van der Waals surface area contributed by atoms with Gasteiger partial charge in [0.15, 0.2) is 5.82 Å². The summed E-state index contributed by atoms with van der Waals surface area (Å²) in [6.45, 7) is 0.803. The number of fused-ring (bicyclic) bond motifs is 1. The second kappa shape index (κ2) is 8.93. The molecule has 4 rings (SSSR count). The van der Waals surface area contributed by atoms with Crippen molar-refractivity contribution >= 4 is 28.5 Å². The average Bonchev–Trinajstić information content (AvgIpc) is 3.31. The Kier molecular flexibility index (Phi) is 6.03. The number of halogens is 3. The molecule has 0 aliphatic carbocycles. The van der Waals surface area contributed by atoms with E-state index in [1.165, 1.54) is 24.3 Å². The maximum absolute atomic E-state index is 12.3. The van der Waals surface area contributed by atoms with Gasteiger partial charge in [-0.25, -0.2) is 4.98 Å². The van der Waals surface area contributed by atoms with Crippen molar-refractivity contribution in [2.75, 3.05) is 30.9 Å². The van der Waals surface area contributed by atoms with Crippen LogP contribution in [0.25, 0.3) is 11.0 Å². The molecule has 2 aromatic carbocycles. The molecule has 0 aliphatic rings. The molecule has 0 atom stereocenters. The van der Waals surface area contributed by atoms with Gasteiger partial charge in [-0.2, -0.15) is 5.10 Å². The summed E-state index contributed by atoms with van der Waals surface area (Å²) in [6.07, 6.45) is -2.86. The van der Waals surface area contributed by atoms with Gasteiger partial charge < -0.3 is 24.3 Å². The summed E-state index contributed by atoms with van der Waals surface area (Å²) < 4.78 is 50.2. The standard InChI is InChI=1S/C22H23F3N6O2/c1-29(2)21-27-18-14-15(26-20-10-11-30(3)28-20)4-9-19(18)31(21)12-13-32-16-5-7-17(8-6-16)33-22(23,24)25/h4-11,14H,12-13H2,1-3H3,(H,26,28). The number of nitrogens with zero attached hydrogens (tertiary/aromatic N) is 5. The molecule has 174 valence electrons. The molecule has 0 radical (unpaired) electrons. The van der Waals surface area contributed by atoms with Crippen LogP contribution in [-0.2, 0) is 13.6 Å². The van der Waals surface area contributed by atoms with Crippen LogP contribution in [0.4, 0.5) is 30.6 Å². The largest absolute Gasteiger partial charge is 0.573 e. The molecule has 11 heteroatoms. The maximum Gasteiger partial charge on any atom is 0.573 e. The van der Waals surface area contributed by atoms with E-state index in [9.17, 15) is 13.2 Å². The Balaban J connectivity index is 1.46. The van der Waals surface area contributed by atoms with E-state index in [0.717, 1.165) is 28.5 Å². The van der Waals surface area contributed by atoms with E-state index < -0.39 is 6.36 Å². The molecule has 0 fully saturated rings. The van der Waals surface area contributed by atoms with E-state index in [4.69, 9.17) is 9.72 Å². The lowest BCUT2D eigenvalue weighted by Gasteiger charge is -2.15. The molecule has 0 spiro atoms. The van der Waals surface area contributed by atoms with Crippen LogP contribution in [0.5, 0.6) is 11.5 Å². The zero-order valence-electron chi connectivity index (χ0n) is 18.3. The Morgan fingerprint density at radius 3 is 2.39 bits per heavy atom. The van der Waals surface area contributed by atoms with Gasteiger partial charge in [0.25, 0.3) is 0 Å². The first-order valence-corrected chi connectivity index (χ1v) is 10.1. The number of hydrogen-bond donors (Lipinski definition) is 1. The molecule has 2 heterocycles. The topological polar surface area (TPSA) is 69.4 Å². The first-order valence-electron chi connectivity index (χ1n) is 10.1. The van der Waals surface area contributed by atoms with Crippen molar-refractivity contribution in [2.45, 2.75) is 12.9 Å². The average molecular weight is 460 g/mol. The minimum Gasteiger partial charge on any atom is -0.492 e. The molecule has 0 saturated carbocycles. The Morgan fingerprint density at radius 2 is 1.76 bits per heavy atom. The quantitative estimate of drug-likeness (QED) is 0.416. The van der Waals surface area contributed by atoms with Gasteiger partial charge in [-0.3, -0.25) is 4.68 Å². The van der Waals surface area contributed by atoms with Gasteiger partial charge in [0.1, 0.15) is 18.1 Å². The van der Waals surface area contributed by atoms with Crippen molar-refractivity contribution < 1.29 is 22.6 Å². The van der Waals surface area contributed by atoms with Crippen LogP contribution >= 0.6 is 0 Å². The number of anilines is 3. The van der Waals surface area contributed by atoms with Crippen molar-refractivity contribution in [1.82, 2.24) is 19.3 Å². The molecule has 0 saturated heterocycles. The summed E-state index contributed by atoms with van der Waals surface area (Å²) in [5.74, 6) is 1.66. The van der Waals surface area contributed by atoms with E-state index in [-0.39, 0.29) is 5.75 Å². The predicted molar refractivity (Wildman–Crippen MR) is 119 cm³/mol. The predicted octanol–water partition coefficient (Wildman–Crippen LogP) is 4.56. The second-order valence-corrected chi connectivity index (χ2v) is 7.53. The SMILES string of the molecule is CN(C)c1nc2cc(Nc3ccn(C)n3)ccc2n1CCOc1ccc(OC(F)(F)F)cc1. The number of imidazole rings is 1. The summed E-state index contributed by atoms with van der Waals surface area (Å²) in [7, 11) is 5.67. The highest BCUT2D eigenvalue weighted by Gasteiger charge is 2.31. The van der Waals surface area contributed by atoms with Gasteiger partial charge in [0.2, 0.25) is 5.95 Å². The third-order valence-corrected chi connectivity index (χ3v) is 4.76. The number of benzene rings is 2. The van der Waals surface area contributed by atoms with E-state index in [2.05, 4.69) is 15.2 Å². The lowest BCUT2D eigenvalue weighted by Crippen LogP contribution is -2.18. The molecule has 2 aromatic heterocycles. The number of alkyl halides is 3. The molecule has 0 amide bonds. The summed E-state index contributed by atoms with van der Waals surface area (Å²) in [5, 5.41) is 7.58. The van der Waals surface area contributed by atoms with Gasteiger partial charge in [0, 0.05) is 39.1 Å². The van der Waals surface area contributed by atoms with Crippen LogP contribution in [0.2, 0.25) is 0 Å². The summed E-state index contributed by atoms with van der Waals surface area (Å²) >= 11 is 0. The number of rotatable bonds is 8. The van der Waals surface area contributed by atoms with Crippen molar-refractivity contribution in [2.24, 2.45) is 7.05 Å². The first-order chi connectivity index (χ1) is 15.7. The van der Waals surface area contributed by atoms with Gasteiger partial charge in [0.05, 0.1) is 17.6 Å². The fourth-order valence-electron chi connectivity index (χ4n) is 3.38. The van der Waals surface area contributed by atoms with Crippen molar-refractivity contribution in [3.05, 3.63) is 54.7 Å². The van der Waals surface area contributed by atoms with Gasteiger partial charge >= 0.3 is 6.36 Å². The smallest absolute Gasteiger partial charge is 0.492 e. The third kappa shape index (κ3) is 5.48. The number of aromatic nitrogens is 4. The van der Waals surface area contributed by atoms with Gasteiger partial charge in [-0.1, -0.05) is 0 Å². The summed E-state index contributed by atoms with van der Waals surface area (Å²) in [5.41, 5.74) is 2.62. The molecule has 8 nitrogen and oxygen atoms in total.